The number of nitrogens with zero attached hydrogens (tertiary/aromatic N) is 2. The van der Waals surface area contributed by atoms with Crippen molar-refractivity contribution in [3.05, 3.63) is 6.07 Å². The van der Waals surface area contributed by atoms with E-state index < -0.39 is 0 Å². The number of rotatable bonds is 3. The highest BCUT2D eigenvalue weighted by Crippen LogP contribution is 2.18. The van der Waals surface area contributed by atoms with Crippen LogP contribution in [0.2, 0.25) is 0 Å². The minimum atomic E-state index is 0.119. The number of hydrazine groups is 1. The molecule has 1 aromatic heterocycles. The molecule has 2 heterocycles. The molecule has 0 spiro atoms. The van der Waals surface area contributed by atoms with Crippen molar-refractivity contribution in [2.24, 2.45) is 5.84 Å². The molecule has 7 nitrogen and oxygen atoms in total. The van der Waals surface area contributed by atoms with Crippen molar-refractivity contribution < 1.29 is 9.47 Å². The molecule has 1 fully saturated rings. The van der Waals surface area contributed by atoms with E-state index in [2.05, 4.69) is 15.4 Å². The van der Waals surface area contributed by atoms with Gasteiger partial charge in [0, 0.05) is 18.9 Å². The number of nitrogens with two attached hydrogens (primary N) is 2. The molecular formula is C9H15N5O2. The van der Waals surface area contributed by atoms with Crippen LogP contribution in [-0.2, 0) is 4.74 Å². The zero-order valence-electron chi connectivity index (χ0n) is 8.85. The number of anilines is 2. The summed E-state index contributed by atoms with van der Waals surface area (Å²) in [6, 6.07) is 1.62. The van der Waals surface area contributed by atoms with Gasteiger partial charge in [0.05, 0.1) is 13.2 Å². The molecule has 0 aliphatic carbocycles. The number of aromatic nitrogens is 2. The van der Waals surface area contributed by atoms with Crippen molar-refractivity contribution in [2.45, 2.75) is 18.9 Å². The third-order valence-corrected chi connectivity index (χ3v) is 2.32. The van der Waals surface area contributed by atoms with Crippen LogP contribution in [0, 0.1) is 0 Å². The predicted octanol–water partition coefficient (Wildman–Crippen LogP) is -0.0978. The molecule has 1 aromatic rings. The second-order valence-corrected chi connectivity index (χ2v) is 3.52. The van der Waals surface area contributed by atoms with Gasteiger partial charge in [0.15, 0.2) is 0 Å². The quantitative estimate of drug-likeness (QED) is 0.487. The molecule has 1 aliphatic rings. The lowest BCUT2D eigenvalue weighted by Crippen LogP contribution is -2.26. The van der Waals surface area contributed by atoms with E-state index in [4.69, 9.17) is 21.1 Å². The van der Waals surface area contributed by atoms with Crippen molar-refractivity contribution in [1.29, 1.82) is 0 Å². The van der Waals surface area contributed by atoms with E-state index >= 15 is 0 Å². The van der Waals surface area contributed by atoms with Crippen LogP contribution in [0.25, 0.3) is 0 Å². The molecule has 0 amide bonds. The Hall–Kier alpha value is -1.60. The highest BCUT2D eigenvalue weighted by molar-refractivity contribution is 5.41. The summed E-state index contributed by atoms with van der Waals surface area (Å²) in [5, 5.41) is 0. The minimum Gasteiger partial charge on any atom is -0.474 e. The fraction of sp³-hybridized carbons (Fsp3) is 0.556. The number of nitrogen functional groups attached to an aromatic ring is 2. The highest BCUT2D eigenvalue weighted by Gasteiger charge is 2.16. The van der Waals surface area contributed by atoms with Gasteiger partial charge in [0.25, 0.3) is 0 Å². The third kappa shape index (κ3) is 2.71. The Morgan fingerprint density at radius 3 is 2.81 bits per heavy atom. The maximum Gasteiger partial charge on any atom is 0.225 e. The lowest BCUT2D eigenvalue weighted by atomic mass is 10.2. The third-order valence-electron chi connectivity index (χ3n) is 2.32. The van der Waals surface area contributed by atoms with E-state index in [9.17, 15) is 0 Å². The molecule has 0 aromatic carbocycles. The van der Waals surface area contributed by atoms with Gasteiger partial charge in [-0.05, 0) is 0 Å². The molecule has 7 heteroatoms. The highest BCUT2D eigenvalue weighted by atomic mass is 16.5. The van der Waals surface area contributed by atoms with Gasteiger partial charge in [-0.3, -0.25) is 0 Å². The van der Waals surface area contributed by atoms with Gasteiger partial charge in [-0.25, -0.2) is 5.84 Å². The molecule has 5 N–H and O–H groups in total. The van der Waals surface area contributed by atoms with Crippen LogP contribution < -0.4 is 21.7 Å². The zero-order valence-corrected chi connectivity index (χ0v) is 8.85. The molecule has 0 bridgehead atoms. The molecule has 0 saturated carbocycles. The molecule has 16 heavy (non-hydrogen) atoms. The zero-order chi connectivity index (χ0) is 11.4. The van der Waals surface area contributed by atoms with Crippen molar-refractivity contribution >= 4 is 11.8 Å². The van der Waals surface area contributed by atoms with Crippen molar-refractivity contribution in [2.75, 3.05) is 24.4 Å². The largest absolute Gasteiger partial charge is 0.474 e. The summed E-state index contributed by atoms with van der Waals surface area (Å²) in [6.45, 7) is 1.43. The molecule has 0 radical (unpaired) electrons. The van der Waals surface area contributed by atoms with Crippen LogP contribution in [0.3, 0.4) is 0 Å². The Morgan fingerprint density at radius 1 is 1.38 bits per heavy atom. The van der Waals surface area contributed by atoms with E-state index in [1.54, 1.807) is 6.07 Å². The predicted molar refractivity (Wildman–Crippen MR) is 58.7 cm³/mol. The lowest BCUT2D eigenvalue weighted by Gasteiger charge is -2.22. The summed E-state index contributed by atoms with van der Waals surface area (Å²) >= 11 is 0. The van der Waals surface area contributed by atoms with Crippen LogP contribution >= 0.6 is 0 Å². The summed E-state index contributed by atoms with van der Waals surface area (Å²) in [7, 11) is 0. The number of nitrogens with one attached hydrogen (secondary N) is 1. The van der Waals surface area contributed by atoms with Crippen LogP contribution in [0.1, 0.15) is 12.8 Å². The first-order valence-corrected chi connectivity index (χ1v) is 5.13. The maximum atomic E-state index is 5.67. The molecule has 0 unspecified atom stereocenters. The standard InChI is InChI=1S/C9H15N5O2/c10-9-12-7(14-11)5-8(13-9)16-6-1-3-15-4-2-6/h5-6H,1-4,11H2,(H3,10,12,13,14). The monoisotopic (exact) mass is 225 g/mol. The fourth-order valence-corrected chi connectivity index (χ4v) is 1.54. The smallest absolute Gasteiger partial charge is 0.225 e. The number of ether oxygens (including phenoxy) is 2. The Labute approximate surface area is 93.1 Å². The van der Waals surface area contributed by atoms with Gasteiger partial charge in [-0.15, -0.1) is 0 Å². The molecule has 1 saturated heterocycles. The Kier molecular flexibility index (Phi) is 3.37. The van der Waals surface area contributed by atoms with Gasteiger partial charge >= 0.3 is 0 Å². The van der Waals surface area contributed by atoms with Gasteiger partial charge in [-0.2, -0.15) is 9.97 Å². The van der Waals surface area contributed by atoms with Gasteiger partial charge in [0.2, 0.25) is 11.8 Å². The molecule has 1 aliphatic heterocycles. The maximum absolute atomic E-state index is 5.67. The van der Waals surface area contributed by atoms with E-state index in [-0.39, 0.29) is 12.1 Å². The summed E-state index contributed by atoms with van der Waals surface area (Å²) < 4.78 is 10.9. The average Bonchev–Trinajstić information content (AvgIpc) is 2.29. The second kappa shape index (κ2) is 4.95. The van der Waals surface area contributed by atoms with Crippen LogP contribution in [0.5, 0.6) is 5.88 Å². The normalized spacial score (nSPS) is 17.1. The first-order chi connectivity index (χ1) is 7.78. The van der Waals surface area contributed by atoms with E-state index in [1.807, 2.05) is 0 Å². The molecular weight excluding hydrogens is 210 g/mol. The SMILES string of the molecule is NNc1cc(OC2CCOCC2)nc(N)n1. The minimum absolute atomic E-state index is 0.119. The van der Waals surface area contributed by atoms with Crippen molar-refractivity contribution in [1.82, 2.24) is 9.97 Å². The number of hydrogen-bond donors (Lipinski definition) is 3. The van der Waals surface area contributed by atoms with Crippen LogP contribution in [0.4, 0.5) is 11.8 Å². The summed E-state index contributed by atoms with van der Waals surface area (Å²) in [4.78, 5) is 7.86. The van der Waals surface area contributed by atoms with Gasteiger partial charge < -0.3 is 20.6 Å². The van der Waals surface area contributed by atoms with Crippen LogP contribution in [0.15, 0.2) is 6.07 Å². The van der Waals surface area contributed by atoms with E-state index in [0.29, 0.717) is 24.9 Å². The van der Waals surface area contributed by atoms with E-state index in [0.717, 1.165) is 12.8 Å². The van der Waals surface area contributed by atoms with Gasteiger partial charge in [-0.1, -0.05) is 0 Å². The fourth-order valence-electron chi connectivity index (χ4n) is 1.54. The molecule has 0 atom stereocenters. The van der Waals surface area contributed by atoms with Crippen molar-refractivity contribution in [3.63, 3.8) is 0 Å². The Bertz CT molecular complexity index is 354. The topological polar surface area (TPSA) is 108 Å². The molecule has 88 valence electrons. The first-order valence-electron chi connectivity index (χ1n) is 5.13. The lowest BCUT2D eigenvalue weighted by molar-refractivity contribution is 0.0238. The Morgan fingerprint density at radius 2 is 2.12 bits per heavy atom. The first kappa shape index (κ1) is 10.9. The Balaban J connectivity index is 2.04. The summed E-state index contributed by atoms with van der Waals surface area (Å²) in [5.74, 6) is 6.26. The van der Waals surface area contributed by atoms with E-state index in [1.165, 1.54) is 0 Å². The second-order valence-electron chi connectivity index (χ2n) is 3.52. The number of hydrogen-bond acceptors (Lipinski definition) is 7. The van der Waals surface area contributed by atoms with Crippen LogP contribution in [-0.4, -0.2) is 29.3 Å². The van der Waals surface area contributed by atoms with Crippen molar-refractivity contribution in [3.8, 4) is 5.88 Å². The summed E-state index contributed by atoms with van der Waals surface area (Å²) in [5.41, 5.74) is 7.93. The van der Waals surface area contributed by atoms with Gasteiger partial charge in [0.1, 0.15) is 11.9 Å². The molecule has 2 rings (SSSR count). The summed E-state index contributed by atoms with van der Waals surface area (Å²) in [6.07, 6.45) is 1.83. The average molecular weight is 225 g/mol.